The number of allylic oxidation sites excluding steroid dienone is 5. The number of carbonyl (C=O) groups excluding carboxylic acids is 1. The van der Waals surface area contributed by atoms with Crippen molar-refractivity contribution in [3.63, 3.8) is 0 Å². The van der Waals surface area contributed by atoms with Crippen LogP contribution in [0.25, 0.3) is 0 Å². The van der Waals surface area contributed by atoms with Gasteiger partial charge in [0.15, 0.2) is 0 Å². The zero-order valence-corrected chi connectivity index (χ0v) is 15.6. The molecule has 0 aromatic rings. The van der Waals surface area contributed by atoms with Crippen LogP contribution in [0.5, 0.6) is 0 Å². The summed E-state index contributed by atoms with van der Waals surface area (Å²) in [4.78, 5) is 10.2. The minimum atomic E-state index is 0. The number of hydrogen-bond acceptors (Lipinski definition) is 1. The Kier molecular flexibility index (Phi) is 7.08. The topological polar surface area (TPSA) is 17.1 Å². The van der Waals surface area contributed by atoms with Crippen molar-refractivity contribution in [1.82, 2.24) is 0 Å². The molecule has 0 aromatic heterocycles. The van der Waals surface area contributed by atoms with Crippen LogP contribution < -0.4 is 0 Å². The Bertz CT molecular complexity index is 410. The Balaban J connectivity index is 0.00000200. The molecule has 20 heavy (non-hydrogen) atoms. The van der Waals surface area contributed by atoms with Gasteiger partial charge in [-0.25, -0.2) is 0 Å². The van der Waals surface area contributed by atoms with Crippen molar-refractivity contribution in [2.24, 2.45) is 23.2 Å². The minimum Gasteiger partial charge on any atom is -0.514 e. The molecule has 107 valence electrons. The molecule has 0 spiro atoms. The third kappa shape index (κ3) is 3.60. The van der Waals surface area contributed by atoms with Crippen LogP contribution in [0, 0.1) is 29.7 Å². The molecule has 0 N–H and O–H groups in total. The van der Waals surface area contributed by atoms with Gasteiger partial charge in [0.2, 0.25) is 0 Å². The molecule has 0 heterocycles. The predicted octanol–water partition coefficient (Wildman–Crippen LogP) is 4.51. The molecule has 4 atom stereocenters. The number of fused-ring (bicyclic) bond motifs is 1. The molecule has 1 radical (unpaired) electrons. The zero-order valence-electron chi connectivity index (χ0n) is 12.7. The van der Waals surface area contributed by atoms with Crippen molar-refractivity contribution in [2.45, 2.75) is 46.0 Å². The van der Waals surface area contributed by atoms with Crippen LogP contribution in [0.2, 0.25) is 0 Å². The molecular formula is C18H25OY-. The Labute approximate surface area is 148 Å². The molecule has 0 bridgehead atoms. The van der Waals surface area contributed by atoms with Gasteiger partial charge in [-0.15, -0.1) is 0 Å². The van der Waals surface area contributed by atoms with Crippen molar-refractivity contribution >= 4 is 6.29 Å². The summed E-state index contributed by atoms with van der Waals surface area (Å²) in [6.45, 7) is 11.0. The first-order chi connectivity index (χ1) is 9.09. The second kappa shape index (κ2) is 7.85. The van der Waals surface area contributed by atoms with Crippen LogP contribution in [0.4, 0.5) is 0 Å². The first kappa shape index (κ1) is 18.0. The van der Waals surface area contributed by atoms with Gasteiger partial charge in [0.25, 0.3) is 0 Å². The molecule has 2 fully saturated rings. The van der Waals surface area contributed by atoms with Crippen LogP contribution in [-0.4, -0.2) is 6.29 Å². The van der Waals surface area contributed by atoms with E-state index in [1.807, 2.05) is 12.2 Å². The van der Waals surface area contributed by atoms with Crippen LogP contribution in [0.3, 0.4) is 0 Å². The number of aldehydes is 1. The van der Waals surface area contributed by atoms with Gasteiger partial charge in [0.05, 0.1) is 0 Å². The fourth-order valence-corrected chi connectivity index (χ4v) is 4.43. The van der Waals surface area contributed by atoms with Crippen LogP contribution in [-0.2, 0) is 37.5 Å². The maximum atomic E-state index is 10.2. The van der Waals surface area contributed by atoms with Crippen molar-refractivity contribution in [2.75, 3.05) is 0 Å². The summed E-state index contributed by atoms with van der Waals surface area (Å²) in [6.07, 6.45) is 14.6. The van der Waals surface area contributed by atoms with Crippen molar-refractivity contribution in [3.8, 4) is 0 Å². The van der Waals surface area contributed by atoms with Gasteiger partial charge in [0.1, 0.15) is 6.29 Å². The van der Waals surface area contributed by atoms with E-state index in [4.69, 9.17) is 6.58 Å². The minimum absolute atomic E-state index is 0. The molecule has 1 nitrogen and oxygen atoms in total. The molecule has 2 rings (SSSR count). The Morgan fingerprint density at radius 2 is 2.05 bits per heavy atom. The van der Waals surface area contributed by atoms with Crippen LogP contribution in [0.1, 0.15) is 46.0 Å². The Morgan fingerprint density at radius 3 is 2.75 bits per heavy atom. The van der Waals surface area contributed by atoms with E-state index in [1.54, 1.807) is 0 Å². The van der Waals surface area contributed by atoms with E-state index in [9.17, 15) is 4.79 Å². The third-order valence-corrected chi connectivity index (χ3v) is 5.39. The van der Waals surface area contributed by atoms with Gasteiger partial charge >= 0.3 is 0 Å². The molecule has 0 unspecified atom stereocenters. The average Bonchev–Trinajstić information content (AvgIpc) is 2.73. The predicted molar refractivity (Wildman–Crippen MR) is 79.5 cm³/mol. The maximum Gasteiger partial charge on any atom is 0.142 e. The second-order valence-corrected chi connectivity index (χ2v) is 6.44. The molecular weight excluding hydrogens is 321 g/mol. The van der Waals surface area contributed by atoms with Gasteiger partial charge in [-0.05, 0) is 48.5 Å². The standard InChI is InChI=1S/C18H25O.Y/c1-14(8-5-4-6-13-19)16-10-11-17-15(2)9-7-12-18(16,17)3;/h2,4-6,8,13-14,16-17H,7,9-12H2,1,3H3;/q-1;/b6-4+,8-5+;/t14-,16-,17+,18-;/m1./s1. The van der Waals surface area contributed by atoms with E-state index in [0.717, 1.165) is 18.6 Å². The fraction of sp³-hybridized carbons (Fsp3) is 0.611. The van der Waals surface area contributed by atoms with Gasteiger partial charge < -0.3 is 6.58 Å². The molecule has 0 saturated heterocycles. The summed E-state index contributed by atoms with van der Waals surface area (Å²) >= 11 is 0. The average molecular weight is 346 g/mol. The van der Waals surface area contributed by atoms with Crippen molar-refractivity contribution in [1.29, 1.82) is 0 Å². The van der Waals surface area contributed by atoms with E-state index < -0.39 is 0 Å². The summed E-state index contributed by atoms with van der Waals surface area (Å²) in [5.41, 5.74) is 1.63. The third-order valence-electron chi connectivity index (χ3n) is 5.39. The first-order valence-electron chi connectivity index (χ1n) is 7.49. The monoisotopic (exact) mass is 346 g/mol. The fourth-order valence-electron chi connectivity index (χ4n) is 4.43. The van der Waals surface area contributed by atoms with Gasteiger partial charge in [-0.3, -0.25) is 10.4 Å². The summed E-state index contributed by atoms with van der Waals surface area (Å²) in [7, 11) is 0. The van der Waals surface area contributed by atoms with Gasteiger partial charge in [-0.1, -0.05) is 44.9 Å². The maximum absolute atomic E-state index is 10.2. The molecule has 2 saturated carbocycles. The van der Waals surface area contributed by atoms with Gasteiger partial charge in [-0.2, -0.15) is 0 Å². The van der Waals surface area contributed by atoms with E-state index in [1.165, 1.54) is 37.3 Å². The first-order valence-corrected chi connectivity index (χ1v) is 7.49. The number of hydrogen-bond donors (Lipinski definition) is 0. The van der Waals surface area contributed by atoms with Gasteiger partial charge in [0, 0.05) is 32.7 Å². The summed E-state index contributed by atoms with van der Waals surface area (Å²) in [5, 5.41) is 0. The van der Waals surface area contributed by atoms with E-state index in [0.29, 0.717) is 17.3 Å². The normalized spacial score (nSPS) is 35.0. The molecule has 0 amide bonds. The molecule has 2 aliphatic rings. The summed E-state index contributed by atoms with van der Waals surface area (Å²) in [6, 6.07) is 0. The molecule has 2 heteroatoms. The second-order valence-electron chi connectivity index (χ2n) is 6.44. The largest absolute Gasteiger partial charge is 0.514 e. The van der Waals surface area contributed by atoms with E-state index in [-0.39, 0.29) is 32.7 Å². The Hall–Kier alpha value is -0.00610. The number of rotatable bonds is 4. The van der Waals surface area contributed by atoms with Crippen LogP contribution in [0.15, 0.2) is 29.9 Å². The molecule has 0 aliphatic heterocycles. The summed E-state index contributed by atoms with van der Waals surface area (Å²) in [5.74, 6) is 1.90. The van der Waals surface area contributed by atoms with E-state index in [2.05, 4.69) is 19.9 Å². The van der Waals surface area contributed by atoms with Crippen molar-refractivity contribution < 1.29 is 37.5 Å². The van der Waals surface area contributed by atoms with Crippen molar-refractivity contribution in [3.05, 3.63) is 36.5 Å². The van der Waals surface area contributed by atoms with E-state index >= 15 is 0 Å². The quantitative estimate of drug-likeness (QED) is 0.317. The molecule has 2 aliphatic carbocycles. The Morgan fingerprint density at radius 1 is 1.30 bits per heavy atom. The zero-order chi connectivity index (χ0) is 13.9. The SMILES string of the molecule is [CH-]=C1CCC[C@]2(C)[C@@H]([C@H](C)/C=C/C=C/C=O)CC[C@@H]12.[Y]. The van der Waals surface area contributed by atoms with Crippen LogP contribution >= 0.6 is 0 Å². The smallest absolute Gasteiger partial charge is 0.142 e. The molecule has 0 aromatic carbocycles. The summed E-state index contributed by atoms with van der Waals surface area (Å²) < 4.78 is 0. The number of carbonyl (C=O) groups is 1.